The lowest BCUT2D eigenvalue weighted by Crippen LogP contribution is -2.47. The van der Waals surface area contributed by atoms with Crippen molar-refractivity contribution in [1.29, 1.82) is 0 Å². The number of hydrogen-bond acceptors (Lipinski definition) is 2. The third kappa shape index (κ3) is 1.85. The molecule has 0 spiro atoms. The van der Waals surface area contributed by atoms with Crippen LogP contribution in [-0.2, 0) is 5.54 Å². The predicted octanol–water partition coefficient (Wildman–Crippen LogP) is 2.81. The molecule has 1 fully saturated rings. The Morgan fingerprint density at radius 3 is 2.29 bits per heavy atom. The fraction of sp³-hybridized carbons (Fsp3) is 0.267. The van der Waals surface area contributed by atoms with E-state index in [-0.39, 0.29) is 5.54 Å². The molecule has 1 heterocycles. The zero-order valence-corrected chi connectivity index (χ0v) is 9.71. The van der Waals surface area contributed by atoms with Crippen LogP contribution in [0.2, 0.25) is 0 Å². The summed E-state index contributed by atoms with van der Waals surface area (Å²) in [7, 11) is 0. The summed E-state index contributed by atoms with van der Waals surface area (Å²) in [5.74, 6) is 0.606. The van der Waals surface area contributed by atoms with Crippen LogP contribution in [0.25, 0.3) is 0 Å². The van der Waals surface area contributed by atoms with Crippen molar-refractivity contribution in [3.63, 3.8) is 0 Å². The quantitative estimate of drug-likeness (QED) is 0.852. The molecule has 2 N–H and O–H groups in total. The molecule has 2 heteroatoms. The van der Waals surface area contributed by atoms with Crippen molar-refractivity contribution >= 4 is 0 Å². The SMILES string of the molecule is NC1(c2ccncc2)CC(c2ccccc2)C1. The number of hydrogen-bond donors (Lipinski definition) is 1. The molecule has 2 nitrogen and oxygen atoms in total. The van der Waals surface area contributed by atoms with Crippen molar-refractivity contribution in [1.82, 2.24) is 4.98 Å². The first kappa shape index (κ1) is 10.5. The van der Waals surface area contributed by atoms with E-state index in [1.54, 1.807) is 0 Å². The first-order valence-corrected chi connectivity index (χ1v) is 6.02. The van der Waals surface area contributed by atoms with Gasteiger partial charge in [-0.1, -0.05) is 30.3 Å². The van der Waals surface area contributed by atoms with Gasteiger partial charge in [0.05, 0.1) is 0 Å². The minimum atomic E-state index is -0.149. The van der Waals surface area contributed by atoms with Gasteiger partial charge in [-0.05, 0) is 42.0 Å². The highest BCUT2D eigenvalue weighted by Crippen LogP contribution is 2.48. The Labute approximate surface area is 102 Å². The van der Waals surface area contributed by atoms with Crippen LogP contribution in [-0.4, -0.2) is 4.98 Å². The van der Waals surface area contributed by atoms with Crippen molar-refractivity contribution in [3.8, 4) is 0 Å². The average molecular weight is 224 g/mol. The third-order valence-electron chi connectivity index (χ3n) is 3.75. The fourth-order valence-corrected chi connectivity index (χ4v) is 2.70. The van der Waals surface area contributed by atoms with Crippen molar-refractivity contribution in [2.75, 3.05) is 0 Å². The lowest BCUT2D eigenvalue weighted by atomic mass is 9.63. The van der Waals surface area contributed by atoms with Crippen molar-refractivity contribution in [2.24, 2.45) is 5.73 Å². The van der Waals surface area contributed by atoms with E-state index in [1.807, 2.05) is 24.5 Å². The van der Waals surface area contributed by atoms with Gasteiger partial charge in [-0.15, -0.1) is 0 Å². The van der Waals surface area contributed by atoms with Crippen LogP contribution in [0.3, 0.4) is 0 Å². The van der Waals surface area contributed by atoms with E-state index < -0.39 is 0 Å². The number of nitrogens with two attached hydrogens (primary N) is 1. The largest absolute Gasteiger partial charge is 0.321 e. The Kier molecular flexibility index (Phi) is 2.45. The molecule has 0 aliphatic heterocycles. The first-order valence-electron chi connectivity index (χ1n) is 6.02. The van der Waals surface area contributed by atoms with Crippen LogP contribution in [0.4, 0.5) is 0 Å². The minimum Gasteiger partial charge on any atom is -0.321 e. The Morgan fingerprint density at radius 1 is 1.00 bits per heavy atom. The van der Waals surface area contributed by atoms with Gasteiger partial charge in [0, 0.05) is 17.9 Å². The van der Waals surface area contributed by atoms with Gasteiger partial charge in [0.1, 0.15) is 0 Å². The second kappa shape index (κ2) is 3.97. The summed E-state index contributed by atoms with van der Waals surface area (Å²) in [5, 5.41) is 0. The van der Waals surface area contributed by atoms with Crippen LogP contribution >= 0.6 is 0 Å². The molecule has 1 aliphatic carbocycles. The van der Waals surface area contributed by atoms with Crippen molar-refractivity contribution in [2.45, 2.75) is 24.3 Å². The molecule has 0 saturated heterocycles. The number of pyridine rings is 1. The summed E-state index contributed by atoms with van der Waals surface area (Å²) in [4.78, 5) is 4.04. The summed E-state index contributed by atoms with van der Waals surface area (Å²) >= 11 is 0. The summed E-state index contributed by atoms with van der Waals surface area (Å²) in [6, 6.07) is 14.7. The van der Waals surface area contributed by atoms with Gasteiger partial charge < -0.3 is 5.73 Å². The first-order chi connectivity index (χ1) is 8.28. The minimum absolute atomic E-state index is 0.149. The molecule has 1 aromatic heterocycles. The molecule has 2 aromatic rings. The fourth-order valence-electron chi connectivity index (χ4n) is 2.70. The highest BCUT2D eigenvalue weighted by atomic mass is 14.8. The van der Waals surface area contributed by atoms with Crippen molar-refractivity contribution < 1.29 is 0 Å². The highest BCUT2D eigenvalue weighted by molar-refractivity contribution is 5.32. The van der Waals surface area contributed by atoms with Crippen LogP contribution in [0.15, 0.2) is 54.9 Å². The topological polar surface area (TPSA) is 38.9 Å². The van der Waals surface area contributed by atoms with Gasteiger partial charge in [-0.3, -0.25) is 4.98 Å². The van der Waals surface area contributed by atoms with Gasteiger partial charge in [-0.2, -0.15) is 0 Å². The van der Waals surface area contributed by atoms with E-state index in [2.05, 4.69) is 35.3 Å². The molecular formula is C15H16N2. The van der Waals surface area contributed by atoms with Crippen LogP contribution in [0.1, 0.15) is 29.9 Å². The molecule has 3 rings (SSSR count). The van der Waals surface area contributed by atoms with Gasteiger partial charge in [0.25, 0.3) is 0 Å². The standard InChI is InChI=1S/C15H16N2/c16-15(14-6-8-17-9-7-14)10-13(11-15)12-4-2-1-3-5-12/h1-9,13H,10-11,16H2. The van der Waals surface area contributed by atoms with E-state index in [1.165, 1.54) is 11.1 Å². The molecule has 86 valence electrons. The predicted molar refractivity (Wildman–Crippen MR) is 68.5 cm³/mol. The molecule has 0 amide bonds. The van der Waals surface area contributed by atoms with Crippen LogP contribution in [0, 0.1) is 0 Å². The van der Waals surface area contributed by atoms with E-state index in [0.29, 0.717) is 5.92 Å². The number of rotatable bonds is 2. The molecule has 0 radical (unpaired) electrons. The maximum absolute atomic E-state index is 6.42. The molecule has 1 aliphatic rings. The Balaban J connectivity index is 1.76. The molecule has 0 atom stereocenters. The van der Waals surface area contributed by atoms with Crippen molar-refractivity contribution in [3.05, 3.63) is 66.0 Å². The summed E-state index contributed by atoms with van der Waals surface area (Å²) in [6.45, 7) is 0. The Hall–Kier alpha value is -1.67. The molecule has 17 heavy (non-hydrogen) atoms. The lowest BCUT2D eigenvalue weighted by Gasteiger charge is -2.45. The van der Waals surface area contributed by atoms with Gasteiger partial charge in [-0.25, -0.2) is 0 Å². The summed E-state index contributed by atoms with van der Waals surface area (Å²) in [5.41, 5.74) is 8.89. The van der Waals surface area contributed by atoms with Crippen LogP contribution < -0.4 is 5.73 Å². The highest BCUT2D eigenvalue weighted by Gasteiger charge is 2.42. The van der Waals surface area contributed by atoms with Gasteiger partial charge in [0.2, 0.25) is 0 Å². The lowest BCUT2D eigenvalue weighted by molar-refractivity contribution is 0.209. The maximum atomic E-state index is 6.42. The third-order valence-corrected chi connectivity index (χ3v) is 3.75. The number of aromatic nitrogens is 1. The number of nitrogens with zero attached hydrogens (tertiary/aromatic N) is 1. The molecule has 1 saturated carbocycles. The molecule has 0 bridgehead atoms. The monoisotopic (exact) mass is 224 g/mol. The van der Waals surface area contributed by atoms with Crippen LogP contribution in [0.5, 0.6) is 0 Å². The summed E-state index contributed by atoms with van der Waals surface area (Å²) in [6.07, 6.45) is 5.70. The van der Waals surface area contributed by atoms with E-state index in [4.69, 9.17) is 5.73 Å². The molecule has 1 aromatic carbocycles. The van der Waals surface area contributed by atoms with Gasteiger partial charge in [0.15, 0.2) is 0 Å². The van der Waals surface area contributed by atoms with Gasteiger partial charge >= 0.3 is 0 Å². The zero-order chi connectivity index (χ0) is 11.7. The number of benzene rings is 1. The Morgan fingerprint density at radius 2 is 1.65 bits per heavy atom. The normalized spacial score (nSPS) is 27.5. The second-order valence-corrected chi connectivity index (χ2v) is 4.91. The summed E-state index contributed by atoms with van der Waals surface area (Å²) < 4.78 is 0. The smallest absolute Gasteiger partial charge is 0.0422 e. The average Bonchev–Trinajstić information content (AvgIpc) is 2.37. The maximum Gasteiger partial charge on any atom is 0.0422 e. The molecule has 0 unspecified atom stereocenters. The zero-order valence-electron chi connectivity index (χ0n) is 9.71. The van der Waals surface area contributed by atoms with E-state index in [9.17, 15) is 0 Å². The molecular weight excluding hydrogens is 208 g/mol. The van der Waals surface area contributed by atoms with E-state index >= 15 is 0 Å². The Bertz CT molecular complexity index is 487. The van der Waals surface area contributed by atoms with E-state index in [0.717, 1.165) is 12.8 Å². The second-order valence-electron chi connectivity index (χ2n) is 4.91.